The van der Waals surface area contributed by atoms with Crippen molar-refractivity contribution in [3.63, 3.8) is 0 Å². The van der Waals surface area contributed by atoms with Crippen LogP contribution in [0.15, 0.2) is 23.9 Å². The Hall–Kier alpha value is -1.25. The quantitative estimate of drug-likeness (QED) is 0.450. The van der Waals surface area contributed by atoms with Crippen LogP contribution in [0, 0.1) is 0 Å². The molecule has 0 saturated heterocycles. The molecule has 0 bridgehead atoms. The van der Waals surface area contributed by atoms with Gasteiger partial charge in [-0.25, -0.2) is 4.79 Å². The van der Waals surface area contributed by atoms with Gasteiger partial charge in [0.15, 0.2) is 0 Å². The van der Waals surface area contributed by atoms with Gasteiger partial charge in [-0.05, 0) is 12.5 Å². The zero-order valence-corrected chi connectivity index (χ0v) is 6.14. The number of rotatable bonds is 3. The molecule has 0 aliphatic rings. The Morgan fingerprint density at radius 3 is 2.50 bits per heavy atom. The first-order chi connectivity index (χ1) is 4.57. The van der Waals surface area contributed by atoms with Gasteiger partial charge in [0.05, 0.1) is 0 Å². The highest BCUT2D eigenvalue weighted by atomic mass is 16.4. The van der Waals surface area contributed by atoms with Crippen molar-refractivity contribution in [2.24, 2.45) is 0 Å². The molecule has 2 N–H and O–H groups in total. The molecule has 0 unspecified atom stereocenters. The van der Waals surface area contributed by atoms with E-state index in [4.69, 9.17) is 5.11 Å². The van der Waals surface area contributed by atoms with Crippen LogP contribution in [0.4, 0.5) is 0 Å². The fourth-order valence-corrected chi connectivity index (χ4v) is 0.469. The van der Waals surface area contributed by atoms with E-state index < -0.39 is 5.97 Å². The monoisotopic (exact) mass is 141 g/mol. The molecule has 0 aromatic carbocycles. The third-order valence-corrected chi connectivity index (χ3v) is 1.12. The number of carbonyl (C=O) groups is 1. The van der Waals surface area contributed by atoms with Gasteiger partial charge in [-0.2, -0.15) is 0 Å². The third-order valence-electron chi connectivity index (χ3n) is 1.12. The van der Waals surface area contributed by atoms with E-state index in [0.29, 0.717) is 11.3 Å². The van der Waals surface area contributed by atoms with E-state index in [-0.39, 0.29) is 0 Å². The van der Waals surface area contributed by atoms with Crippen LogP contribution < -0.4 is 5.32 Å². The Labute approximate surface area is 60.1 Å². The van der Waals surface area contributed by atoms with Gasteiger partial charge in [0, 0.05) is 18.8 Å². The van der Waals surface area contributed by atoms with E-state index >= 15 is 0 Å². The van der Waals surface area contributed by atoms with Gasteiger partial charge >= 0.3 is 5.97 Å². The molecular weight excluding hydrogens is 130 g/mol. The van der Waals surface area contributed by atoms with Crippen LogP contribution in [0.3, 0.4) is 0 Å². The van der Waals surface area contributed by atoms with Crippen LogP contribution in [0.5, 0.6) is 0 Å². The maximum absolute atomic E-state index is 10.1. The summed E-state index contributed by atoms with van der Waals surface area (Å²) < 4.78 is 0. The van der Waals surface area contributed by atoms with Crippen molar-refractivity contribution in [1.29, 1.82) is 0 Å². The van der Waals surface area contributed by atoms with Crippen molar-refractivity contribution < 1.29 is 9.90 Å². The number of carboxylic acids is 1. The second-order valence-corrected chi connectivity index (χ2v) is 1.89. The highest BCUT2D eigenvalue weighted by Gasteiger charge is 1.95. The van der Waals surface area contributed by atoms with Crippen molar-refractivity contribution >= 4 is 5.97 Å². The smallest absolute Gasteiger partial charge is 0.328 e. The van der Waals surface area contributed by atoms with Gasteiger partial charge in [0.2, 0.25) is 0 Å². The Kier molecular flexibility index (Phi) is 3.25. The summed E-state index contributed by atoms with van der Waals surface area (Å²) in [4.78, 5) is 10.1. The molecule has 0 aliphatic heterocycles. The van der Waals surface area contributed by atoms with Crippen molar-refractivity contribution in [3.05, 3.63) is 23.9 Å². The van der Waals surface area contributed by atoms with E-state index in [1.165, 1.54) is 0 Å². The number of aliphatic carboxylic acids is 1. The minimum Gasteiger partial charge on any atom is -0.478 e. The summed E-state index contributed by atoms with van der Waals surface area (Å²) >= 11 is 0. The molecule has 0 aromatic heterocycles. The number of nitrogens with one attached hydrogen (secondary N) is 1. The first-order valence-electron chi connectivity index (χ1n) is 2.86. The molecule has 0 fully saturated rings. The molecule has 3 nitrogen and oxygen atoms in total. The zero-order valence-electron chi connectivity index (χ0n) is 6.14. The zero-order chi connectivity index (χ0) is 8.15. The van der Waals surface area contributed by atoms with Crippen molar-refractivity contribution in [3.8, 4) is 0 Å². The Morgan fingerprint density at radius 2 is 2.20 bits per heavy atom. The SMILES string of the molecule is C=C(NC)/C(C)=C\C(=O)O. The standard InChI is InChI=1S/C7H11NO2/c1-5(4-7(9)10)6(2)8-3/h4,8H,2H2,1,3H3,(H,9,10)/b5-4-. The molecular formula is C7H11NO2. The first-order valence-corrected chi connectivity index (χ1v) is 2.86. The first kappa shape index (κ1) is 8.75. The third kappa shape index (κ3) is 2.91. The van der Waals surface area contributed by atoms with Crippen LogP contribution >= 0.6 is 0 Å². The van der Waals surface area contributed by atoms with E-state index in [2.05, 4.69) is 11.9 Å². The van der Waals surface area contributed by atoms with Crippen LogP contribution in [0.25, 0.3) is 0 Å². The molecule has 0 aromatic rings. The van der Waals surface area contributed by atoms with Crippen molar-refractivity contribution in [1.82, 2.24) is 5.32 Å². The molecule has 56 valence electrons. The number of carboxylic acid groups (broad SMARTS) is 1. The summed E-state index contributed by atoms with van der Waals surface area (Å²) in [6.07, 6.45) is 1.11. The number of hydrogen-bond acceptors (Lipinski definition) is 2. The second-order valence-electron chi connectivity index (χ2n) is 1.89. The Morgan fingerprint density at radius 1 is 1.70 bits per heavy atom. The molecule has 0 radical (unpaired) electrons. The average molecular weight is 141 g/mol. The summed E-state index contributed by atoms with van der Waals surface area (Å²) in [6, 6.07) is 0. The molecule has 0 amide bonds. The van der Waals surface area contributed by atoms with E-state index in [1.54, 1.807) is 14.0 Å². The summed E-state index contributed by atoms with van der Waals surface area (Å²) in [7, 11) is 1.70. The van der Waals surface area contributed by atoms with E-state index in [0.717, 1.165) is 6.08 Å². The number of likely N-dealkylation sites (N-methyl/N-ethyl adjacent to an activating group) is 1. The van der Waals surface area contributed by atoms with Crippen molar-refractivity contribution in [2.45, 2.75) is 6.92 Å². The lowest BCUT2D eigenvalue weighted by atomic mass is 10.2. The maximum atomic E-state index is 10.1. The molecule has 10 heavy (non-hydrogen) atoms. The van der Waals surface area contributed by atoms with Crippen LogP contribution in [0.2, 0.25) is 0 Å². The minimum atomic E-state index is -0.950. The highest BCUT2D eigenvalue weighted by molar-refractivity contribution is 5.81. The molecule has 0 heterocycles. The average Bonchev–Trinajstić information content (AvgIpc) is 1.85. The van der Waals surface area contributed by atoms with Gasteiger partial charge in [-0.1, -0.05) is 6.58 Å². The lowest BCUT2D eigenvalue weighted by Gasteiger charge is -2.01. The number of hydrogen-bond donors (Lipinski definition) is 2. The summed E-state index contributed by atoms with van der Waals surface area (Å²) in [6.45, 7) is 5.27. The fraction of sp³-hybridized carbons (Fsp3) is 0.286. The predicted octanol–water partition coefficient (Wildman–Crippen LogP) is 0.750. The summed E-state index contributed by atoms with van der Waals surface area (Å²) in [5, 5.41) is 11.0. The predicted molar refractivity (Wildman–Crippen MR) is 39.6 cm³/mol. The van der Waals surface area contributed by atoms with E-state index in [1.807, 2.05) is 0 Å². The second kappa shape index (κ2) is 3.71. The molecule has 0 saturated carbocycles. The molecule has 0 aliphatic carbocycles. The van der Waals surface area contributed by atoms with Gasteiger partial charge in [-0.15, -0.1) is 0 Å². The Balaban J connectivity index is 4.19. The Bertz CT molecular complexity index is 182. The van der Waals surface area contributed by atoms with Gasteiger partial charge in [0.25, 0.3) is 0 Å². The maximum Gasteiger partial charge on any atom is 0.328 e. The van der Waals surface area contributed by atoms with Crippen LogP contribution in [-0.2, 0) is 4.79 Å². The van der Waals surface area contributed by atoms with Crippen LogP contribution in [-0.4, -0.2) is 18.1 Å². The molecule has 0 atom stereocenters. The molecule has 0 spiro atoms. The lowest BCUT2D eigenvalue weighted by molar-refractivity contribution is -0.131. The normalized spacial score (nSPS) is 10.8. The largest absolute Gasteiger partial charge is 0.478 e. The molecule has 3 heteroatoms. The summed E-state index contributed by atoms with van der Waals surface area (Å²) in [5.74, 6) is -0.950. The van der Waals surface area contributed by atoms with Crippen LogP contribution in [0.1, 0.15) is 6.92 Å². The van der Waals surface area contributed by atoms with Gasteiger partial charge in [0.1, 0.15) is 0 Å². The topological polar surface area (TPSA) is 49.3 Å². The minimum absolute atomic E-state index is 0.627. The van der Waals surface area contributed by atoms with Crippen molar-refractivity contribution in [2.75, 3.05) is 7.05 Å². The van der Waals surface area contributed by atoms with E-state index in [9.17, 15) is 4.79 Å². The van der Waals surface area contributed by atoms with Gasteiger partial charge in [-0.3, -0.25) is 0 Å². The summed E-state index contributed by atoms with van der Waals surface area (Å²) in [5.41, 5.74) is 1.26. The highest BCUT2D eigenvalue weighted by Crippen LogP contribution is 2.00. The fourth-order valence-electron chi connectivity index (χ4n) is 0.469. The molecule has 0 rings (SSSR count). The lowest BCUT2D eigenvalue weighted by Crippen LogP contribution is -2.06. The number of allylic oxidation sites excluding steroid dienone is 1. The van der Waals surface area contributed by atoms with Gasteiger partial charge < -0.3 is 10.4 Å².